The molecule has 0 fully saturated rings. The van der Waals surface area contributed by atoms with Gasteiger partial charge < -0.3 is 13.9 Å². The molecule has 0 aliphatic heterocycles. The van der Waals surface area contributed by atoms with E-state index in [2.05, 4.69) is 21.0 Å². The van der Waals surface area contributed by atoms with Gasteiger partial charge in [0.2, 0.25) is 5.82 Å². The van der Waals surface area contributed by atoms with Crippen LogP contribution in [0.4, 0.5) is 0 Å². The lowest BCUT2D eigenvalue weighted by Crippen LogP contribution is -2.20. The van der Waals surface area contributed by atoms with Gasteiger partial charge in [0.1, 0.15) is 17.2 Å². The second-order valence-corrected chi connectivity index (χ2v) is 11.4. The molecule has 6 aromatic rings. The van der Waals surface area contributed by atoms with Gasteiger partial charge in [-0.15, -0.1) is 0 Å². The minimum Gasteiger partial charge on any atom is -0.490 e. The molecule has 0 amide bonds. The number of nitrogens with zero attached hydrogens (tertiary/aromatic N) is 3. The maximum absolute atomic E-state index is 13.7. The van der Waals surface area contributed by atoms with E-state index in [1.807, 2.05) is 43.3 Å². The zero-order valence-corrected chi connectivity index (χ0v) is 26.3. The van der Waals surface area contributed by atoms with Gasteiger partial charge in [-0.1, -0.05) is 71.2 Å². The van der Waals surface area contributed by atoms with Gasteiger partial charge in [0.15, 0.2) is 17.3 Å². The molecule has 0 saturated carbocycles. The summed E-state index contributed by atoms with van der Waals surface area (Å²) in [6.07, 6.45) is 1.50. The number of fused-ring (bicyclic) bond motifs is 2. The summed E-state index contributed by atoms with van der Waals surface area (Å²) in [6.45, 7) is 2.34. The summed E-state index contributed by atoms with van der Waals surface area (Å²) in [5.41, 5.74) is 2.11. The molecule has 0 bridgehead atoms. The van der Waals surface area contributed by atoms with Gasteiger partial charge in [-0.25, -0.2) is 4.98 Å². The smallest absolute Gasteiger partial charge is 0.282 e. The van der Waals surface area contributed by atoms with Crippen LogP contribution in [0.15, 0.2) is 97.6 Å². The van der Waals surface area contributed by atoms with Crippen LogP contribution in [0.25, 0.3) is 33.5 Å². The van der Waals surface area contributed by atoms with E-state index in [1.54, 1.807) is 42.5 Å². The number of halogens is 4. The van der Waals surface area contributed by atoms with Crippen molar-refractivity contribution in [1.82, 2.24) is 9.66 Å². The molecule has 6 rings (SSSR count). The van der Waals surface area contributed by atoms with Crippen LogP contribution >= 0.6 is 50.7 Å². The van der Waals surface area contributed by atoms with Crippen molar-refractivity contribution < 1.29 is 13.9 Å². The third-order valence-corrected chi connectivity index (χ3v) is 8.59. The fourth-order valence-electron chi connectivity index (χ4n) is 4.49. The predicted octanol–water partition coefficient (Wildman–Crippen LogP) is 9.39. The monoisotopic (exact) mass is 695 g/mol. The highest BCUT2D eigenvalue weighted by Crippen LogP contribution is 2.43. The van der Waals surface area contributed by atoms with Gasteiger partial charge in [0, 0.05) is 31.0 Å². The Hall–Kier alpha value is -3.82. The van der Waals surface area contributed by atoms with Crippen molar-refractivity contribution in [3.05, 3.63) is 120 Å². The summed E-state index contributed by atoms with van der Waals surface area (Å²) < 4.78 is 19.7. The standard InChI is InChI=1S/C32H21BrCl3N3O4/c1-2-41-26-14-20(28(33)29(36)30(26)42-17-19-11-12-21(34)15-23(19)35)16-37-39-31(27-13-18-7-3-6-10-25(18)43-27)38-24-9-5-4-8-22(24)32(39)40/h3-16H,2,17H2,1H3. The summed E-state index contributed by atoms with van der Waals surface area (Å²) >= 11 is 22.7. The molecule has 2 heterocycles. The quantitative estimate of drug-likeness (QED) is 0.148. The van der Waals surface area contributed by atoms with Crippen LogP contribution in [-0.4, -0.2) is 22.5 Å². The molecular weight excluding hydrogens is 677 g/mol. The third-order valence-electron chi connectivity index (χ3n) is 6.55. The number of benzene rings is 4. The Bertz CT molecular complexity index is 2060. The Morgan fingerprint density at radius 1 is 1.00 bits per heavy atom. The van der Waals surface area contributed by atoms with E-state index < -0.39 is 0 Å². The van der Waals surface area contributed by atoms with E-state index in [0.29, 0.717) is 60.4 Å². The molecule has 0 saturated heterocycles. The summed E-state index contributed by atoms with van der Waals surface area (Å²) in [4.78, 5) is 18.4. The number of hydrogen-bond donors (Lipinski definition) is 0. The minimum absolute atomic E-state index is 0.134. The molecule has 216 valence electrons. The highest BCUT2D eigenvalue weighted by Gasteiger charge is 2.20. The summed E-state index contributed by atoms with van der Waals surface area (Å²) in [6, 6.07) is 23.4. The number of rotatable bonds is 8. The molecule has 0 aliphatic carbocycles. The van der Waals surface area contributed by atoms with Crippen molar-refractivity contribution in [2.45, 2.75) is 13.5 Å². The Labute approximate surface area is 269 Å². The maximum atomic E-state index is 13.7. The van der Waals surface area contributed by atoms with Crippen LogP contribution in [0.2, 0.25) is 15.1 Å². The topological polar surface area (TPSA) is 78.9 Å². The van der Waals surface area contributed by atoms with Crippen LogP contribution < -0.4 is 15.0 Å². The van der Waals surface area contributed by atoms with E-state index in [9.17, 15) is 4.79 Å². The van der Waals surface area contributed by atoms with E-state index >= 15 is 0 Å². The molecule has 7 nitrogen and oxygen atoms in total. The predicted molar refractivity (Wildman–Crippen MR) is 175 cm³/mol. The highest BCUT2D eigenvalue weighted by atomic mass is 79.9. The number of para-hydroxylation sites is 2. The van der Waals surface area contributed by atoms with Gasteiger partial charge in [0.25, 0.3) is 5.56 Å². The average molecular weight is 698 g/mol. The highest BCUT2D eigenvalue weighted by molar-refractivity contribution is 9.10. The zero-order valence-electron chi connectivity index (χ0n) is 22.5. The van der Waals surface area contributed by atoms with Crippen molar-refractivity contribution >= 4 is 78.8 Å². The maximum Gasteiger partial charge on any atom is 0.282 e. The molecule has 0 aliphatic rings. The van der Waals surface area contributed by atoms with Crippen LogP contribution in [0.1, 0.15) is 18.1 Å². The lowest BCUT2D eigenvalue weighted by Gasteiger charge is -2.16. The SMILES string of the molecule is CCOc1cc(C=Nn2c(-c3cc4ccccc4o3)nc3ccccc3c2=O)c(Br)c(Cl)c1OCc1ccc(Cl)cc1Cl. The minimum atomic E-state index is -0.357. The van der Waals surface area contributed by atoms with Crippen LogP contribution in [0, 0.1) is 0 Å². The first-order valence-electron chi connectivity index (χ1n) is 13.1. The lowest BCUT2D eigenvalue weighted by atomic mass is 10.2. The Kier molecular flexibility index (Phi) is 8.45. The molecule has 4 aromatic carbocycles. The lowest BCUT2D eigenvalue weighted by molar-refractivity contribution is 0.269. The van der Waals surface area contributed by atoms with Gasteiger partial charge in [0.05, 0.1) is 23.7 Å². The van der Waals surface area contributed by atoms with Crippen molar-refractivity contribution in [3.63, 3.8) is 0 Å². The number of ether oxygens (including phenoxy) is 2. The first kappa shape index (κ1) is 29.3. The van der Waals surface area contributed by atoms with Crippen molar-refractivity contribution in [2.75, 3.05) is 6.61 Å². The summed E-state index contributed by atoms with van der Waals surface area (Å²) in [5, 5.41) is 7.11. The Balaban J connectivity index is 1.43. The largest absolute Gasteiger partial charge is 0.490 e. The fourth-order valence-corrected chi connectivity index (χ4v) is 5.60. The second-order valence-electron chi connectivity index (χ2n) is 9.34. The molecule has 2 aromatic heterocycles. The molecule has 0 radical (unpaired) electrons. The zero-order chi connectivity index (χ0) is 30.1. The van der Waals surface area contributed by atoms with Crippen molar-refractivity contribution in [2.24, 2.45) is 5.10 Å². The molecule has 0 N–H and O–H groups in total. The Morgan fingerprint density at radius 3 is 2.58 bits per heavy atom. The fraction of sp³-hybridized carbons (Fsp3) is 0.0938. The number of aromatic nitrogens is 2. The number of furan rings is 1. The summed E-state index contributed by atoms with van der Waals surface area (Å²) in [5.74, 6) is 1.37. The molecule has 43 heavy (non-hydrogen) atoms. The third kappa shape index (κ3) is 5.88. The van der Waals surface area contributed by atoms with E-state index in [-0.39, 0.29) is 23.0 Å². The first-order valence-corrected chi connectivity index (χ1v) is 15.0. The molecular formula is C32H21BrCl3N3O4. The van der Waals surface area contributed by atoms with Crippen molar-refractivity contribution in [3.8, 4) is 23.1 Å². The molecule has 0 unspecified atom stereocenters. The molecule has 0 atom stereocenters. The van der Waals surface area contributed by atoms with E-state index in [4.69, 9.17) is 53.7 Å². The van der Waals surface area contributed by atoms with Gasteiger partial charge in [-0.2, -0.15) is 9.78 Å². The molecule has 0 spiro atoms. The normalized spacial score (nSPS) is 11.6. The van der Waals surface area contributed by atoms with Gasteiger partial charge >= 0.3 is 0 Å². The Morgan fingerprint density at radius 2 is 1.79 bits per heavy atom. The summed E-state index contributed by atoms with van der Waals surface area (Å²) in [7, 11) is 0. The van der Waals surface area contributed by atoms with Crippen LogP contribution in [0.3, 0.4) is 0 Å². The number of hydrogen-bond acceptors (Lipinski definition) is 6. The van der Waals surface area contributed by atoms with Gasteiger partial charge in [-0.3, -0.25) is 4.79 Å². The van der Waals surface area contributed by atoms with Crippen molar-refractivity contribution in [1.29, 1.82) is 0 Å². The first-order chi connectivity index (χ1) is 20.8. The van der Waals surface area contributed by atoms with Crippen LogP contribution in [-0.2, 0) is 6.61 Å². The van der Waals surface area contributed by atoms with E-state index in [1.165, 1.54) is 10.9 Å². The average Bonchev–Trinajstić information content (AvgIpc) is 3.44. The molecule has 11 heteroatoms. The van der Waals surface area contributed by atoms with Crippen LogP contribution in [0.5, 0.6) is 11.5 Å². The van der Waals surface area contributed by atoms with E-state index in [0.717, 1.165) is 10.9 Å². The van der Waals surface area contributed by atoms with Gasteiger partial charge in [-0.05, 0) is 65.3 Å². The second kappa shape index (κ2) is 12.4.